The van der Waals surface area contributed by atoms with Crippen LogP contribution in [-0.4, -0.2) is 51.4 Å². The largest absolute Gasteiger partial charge is 0.402 e. The van der Waals surface area contributed by atoms with Crippen LogP contribution in [0.2, 0.25) is 0 Å². The number of ether oxygens (including phenoxy) is 1. The fourth-order valence-corrected chi connectivity index (χ4v) is 5.82. The van der Waals surface area contributed by atoms with Gasteiger partial charge in [0, 0.05) is 25.2 Å². The molecule has 5 rings (SSSR count). The summed E-state index contributed by atoms with van der Waals surface area (Å²) in [5.41, 5.74) is 0.467. The van der Waals surface area contributed by atoms with Crippen molar-refractivity contribution in [3.63, 3.8) is 0 Å². The van der Waals surface area contributed by atoms with Gasteiger partial charge in [-0.1, -0.05) is 54.6 Å². The summed E-state index contributed by atoms with van der Waals surface area (Å²) in [7, 11) is -4.01. The van der Waals surface area contributed by atoms with Gasteiger partial charge in [0.2, 0.25) is 15.7 Å². The number of nitrogens with zero attached hydrogens (tertiary/aromatic N) is 2. The summed E-state index contributed by atoms with van der Waals surface area (Å²) in [6.07, 6.45) is 0.746. The van der Waals surface area contributed by atoms with Gasteiger partial charge in [-0.2, -0.15) is 0 Å². The molecular formula is C25H23N3O4S. The van der Waals surface area contributed by atoms with Gasteiger partial charge in [0.25, 0.3) is 0 Å². The van der Waals surface area contributed by atoms with Crippen LogP contribution in [0, 0.1) is 0 Å². The number of esters is 1. The minimum absolute atomic E-state index is 0.0994. The molecule has 1 saturated heterocycles. The van der Waals surface area contributed by atoms with Gasteiger partial charge < -0.3 is 15.0 Å². The van der Waals surface area contributed by atoms with Gasteiger partial charge in [-0.25, -0.2) is 18.2 Å². The van der Waals surface area contributed by atoms with Crippen molar-refractivity contribution in [2.45, 2.75) is 11.3 Å². The molecule has 0 radical (unpaired) electrons. The van der Waals surface area contributed by atoms with E-state index in [9.17, 15) is 13.2 Å². The van der Waals surface area contributed by atoms with E-state index >= 15 is 0 Å². The molecule has 2 aliphatic rings. The number of carbonyl (C=O) groups is 1. The third-order valence-electron chi connectivity index (χ3n) is 5.75. The SMILES string of the molecule is O=C1OC(c2cccc3ccccc23)=NC1=C(N1CCCNCC1)S(=O)(=O)c1ccccc1. The van der Waals surface area contributed by atoms with E-state index < -0.39 is 15.8 Å². The van der Waals surface area contributed by atoms with Crippen LogP contribution in [0.25, 0.3) is 10.8 Å². The molecule has 3 aromatic rings. The number of nitrogens with one attached hydrogen (secondary N) is 1. The molecule has 3 aromatic carbocycles. The van der Waals surface area contributed by atoms with Crippen molar-refractivity contribution in [3.8, 4) is 0 Å². The Morgan fingerprint density at radius 2 is 1.67 bits per heavy atom. The van der Waals surface area contributed by atoms with Crippen molar-refractivity contribution < 1.29 is 17.9 Å². The first-order chi connectivity index (χ1) is 16.1. The lowest BCUT2D eigenvalue weighted by Crippen LogP contribution is -2.33. The van der Waals surface area contributed by atoms with E-state index in [1.165, 1.54) is 12.1 Å². The molecule has 8 heteroatoms. The molecule has 0 saturated carbocycles. The lowest BCUT2D eigenvalue weighted by atomic mass is 10.0. The van der Waals surface area contributed by atoms with Gasteiger partial charge in [-0.3, -0.25) is 0 Å². The van der Waals surface area contributed by atoms with Crippen molar-refractivity contribution in [3.05, 3.63) is 89.1 Å². The highest BCUT2D eigenvalue weighted by Crippen LogP contribution is 2.31. The van der Waals surface area contributed by atoms with E-state index in [2.05, 4.69) is 10.3 Å². The second-order valence-electron chi connectivity index (χ2n) is 7.89. The highest BCUT2D eigenvalue weighted by molar-refractivity contribution is 7.95. The summed E-state index contributed by atoms with van der Waals surface area (Å²) in [4.78, 5) is 19.4. The highest BCUT2D eigenvalue weighted by Gasteiger charge is 2.37. The van der Waals surface area contributed by atoms with E-state index in [0.29, 0.717) is 25.2 Å². The van der Waals surface area contributed by atoms with Crippen LogP contribution in [0.3, 0.4) is 0 Å². The number of cyclic esters (lactones) is 1. The van der Waals surface area contributed by atoms with Crippen LogP contribution >= 0.6 is 0 Å². The van der Waals surface area contributed by atoms with Crippen LogP contribution in [0.1, 0.15) is 12.0 Å². The summed E-state index contributed by atoms with van der Waals surface area (Å²) >= 11 is 0. The van der Waals surface area contributed by atoms with Crippen LogP contribution < -0.4 is 5.32 Å². The standard InChI is InChI=1S/C25H23N3O4S/c29-25-22(27-23(32-25)21-13-6-9-18-8-4-5-12-20(18)21)24(28-16-7-14-26-15-17-28)33(30,31)19-10-2-1-3-11-19/h1-6,8-13,26H,7,14-17H2. The molecule has 0 spiro atoms. The monoisotopic (exact) mass is 461 g/mol. The summed E-state index contributed by atoms with van der Waals surface area (Å²) in [5, 5.41) is 5.02. The Morgan fingerprint density at radius 1 is 0.909 bits per heavy atom. The zero-order valence-corrected chi connectivity index (χ0v) is 18.7. The van der Waals surface area contributed by atoms with E-state index in [0.717, 1.165) is 23.7 Å². The van der Waals surface area contributed by atoms with Crippen molar-refractivity contribution >= 4 is 32.5 Å². The average molecular weight is 462 g/mol. The fourth-order valence-electron chi connectivity index (χ4n) is 4.18. The highest BCUT2D eigenvalue weighted by atomic mass is 32.2. The molecule has 1 fully saturated rings. The third kappa shape index (κ3) is 4.03. The van der Waals surface area contributed by atoms with Gasteiger partial charge in [0.15, 0.2) is 10.7 Å². The number of benzene rings is 3. The Morgan fingerprint density at radius 3 is 2.52 bits per heavy atom. The smallest absolute Gasteiger partial charge is 0.366 e. The van der Waals surface area contributed by atoms with Crippen molar-refractivity contribution in [1.82, 2.24) is 10.2 Å². The van der Waals surface area contributed by atoms with Gasteiger partial charge in [0.1, 0.15) is 0 Å². The minimum atomic E-state index is -4.01. The Balaban J connectivity index is 1.70. The summed E-state index contributed by atoms with van der Waals surface area (Å²) in [5.74, 6) is -0.648. The first kappa shape index (κ1) is 21.4. The summed E-state index contributed by atoms with van der Waals surface area (Å²) in [6.45, 7) is 2.32. The average Bonchev–Trinajstić information content (AvgIpc) is 3.03. The van der Waals surface area contributed by atoms with Crippen LogP contribution in [0.15, 0.2) is 93.4 Å². The maximum Gasteiger partial charge on any atom is 0.366 e. The predicted octanol–water partition coefficient (Wildman–Crippen LogP) is 3.08. The number of hydrogen-bond acceptors (Lipinski definition) is 7. The van der Waals surface area contributed by atoms with E-state index in [-0.39, 0.29) is 21.5 Å². The van der Waals surface area contributed by atoms with Crippen molar-refractivity contribution in [2.24, 2.45) is 4.99 Å². The number of sulfone groups is 1. The molecule has 0 aliphatic carbocycles. The maximum absolute atomic E-state index is 13.7. The number of fused-ring (bicyclic) bond motifs is 1. The molecule has 0 amide bonds. The van der Waals surface area contributed by atoms with Crippen LogP contribution in [0.4, 0.5) is 0 Å². The number of aliphatic imine (C=N–C) groups is 1. The Kier molecular flexibility index (Phi) is 5.70. The molecule has 1 N–H and O–H groups in total. The van der Waals surface area contributed by atoms with E-state index in [1.54, 1.807) is 23.1 Å². The molecule has 0 aromatic heterocycles. The quantitative estimate of drug-likeness (QED) is 0.475. The molecular weight excluding hydrogens is 438 g/mol. The van der Waals surface area contributed by atoms with Gasteiger partial charge >= 0.3 is 5.97 Å². The molecule has 33 heavy (non-hydrogen) atoms. The normalized spacial score (nSPS) is 18.6. The first-order valence-corrected chi connectivity index (χ1v) is 12.3. The Hall–Kier alpha value is -3.49. The van der Waals surface area contributed by atoms with Gasteiger partial charge in [0.05, 0.1) is 4.90 Å². The Labute approximate surface area is 192 Å². The fraction of sp³-hybridized carbons (Fsp3) is 0.200. The molecule has 0 atom stereocenters. The zero-order valence-electron chi connectivity index (χ0n) is 17.9. The molecule has 0 unspecified atom stereocenters. The second kappa shape index (κ2) is 8.80. The lowest BCUT2D eigenvalue weighted by Gasteiger charge is -2.25. The molecule has 7 nitrogen and oxygen atoms in total. The maximum atomic E-state index is 13.7. The molecule has 2 heterocycles. The number of hydrogen-bond donors (Lipinski definition) is 1. The molecule has 0 bridgehead atoms. The topological polar surface area (TPSA) is 88.1 Å². The lowest BCUT2D eigenvalue weighted by molar-refractivity contribution is -0.130. The number of rotatable bonds is 4. The van der Waals surface area contributed by atoms with Gasteiger partial charge in [-0.15, -0.1) is 0 Å². The minimum Gasteiger partial charge on any atom is -0.402 e. The van der Waals surface area contributed by atoms with E-state index in [1.807, 2.05) is 42.5 Å². The van der Waals surface area contributed by atoms with Crippen LogP contribution in [-0.2, 0) is 19.4 Å². The van der Waals surface area contributed by atoms with Crippen molar-refractivity contribution in [2.75, 3.05) is 26.2 Å². The summed E-state index contributed by atoms with van der Waals surface area (Å²) < 4.78 is 33.0. The predicted molar refractivity (Wildman–Crippen MR) is 126 cm³/mol. The van der Waals surface area contributed by atoms with Crippen LogP contribution in [0.5, 0.6) is 0 Å². The third-order valence-corrected chi connectivity index (χ3v) is 7.61. The Bertz CT molecular complexity index is 1370. The molecule has 168 valence electrons. The second-order valence-corrected chi connectivity index (χ2v) is 9.76. The summed E-state index contributed by atoms with van der Waals surface area (Å²) in [6, 6.07) is 21.5. The zero-order chi connectivity index (χ0) is 22.8. The number of carbonyl (C=O) groups excluding carboxylic acids is 1. The van der Waals surface area contributed by atoms with E-state index in [4.69, 9.17) is 4.74 Å². The molecule has 2 aliphatic heterocycles. The first-order valence-electron chi connectivity index (χ1n) is 10.8. The van der Waals surface area contributed by atoms with Crippen molar-refractivity contribution in [1.29, 1.82) is 0 Å². The van der Waals surface area contributed by atoms with Gasteiger partial charge in [-0.05, 0) is 41.9 Å².